The lowest BCUT2D eigenvalue weighted by atomic mass is 9.77. The normalized spacial score (nSPS) is 29.4. The molecule has 7 heteroatoms. The van der Waals surface area contributed by atoms with Crippen molar-refractivity contribution in [2.45, 2.75) is 58.0 Å². The van der Waals surface area contributed by atoms with Gasteiger partial charge in [0, 0.05) is 6.04 Å². The smallest absolute Gasteiger partial charge is 0.278 e. The first-order valence-electron chi connectivity index (χ1n) is 6.32. The topological polar surface area (TPSA) is 108 Å². The molecule has 18 heavy (non-hydrogen) atoms. The van der Waals surface area contributed by atoms with Crippen LogP contribution in [0.5, 0.6) is 0 Å². The molecule has 1 aliphatic carbocycles. The Kier molecular flexibility index (Phi) is 4.74. The van der Waals surface area contributed by atoms with Gasteiger partial charge < -0.3 is 5.73 Å². The van der Waals surface area contributed by atoms with E-state index in [1.54, 1.807) is 13.8 Å². The summed E-state index contributed by atoms with van der Waals surface area (Å²) in [6.07, 6.45) is 2.93. The van der Waals surface area contributed by atoms with Crippen LogP contribution in [-0.4, -0.2) is 25.8 Å². The summed E-state index contributed by atoms with van der Waals surface area (Å²) in [6, 6.07) is -0.186. The molecule has 1 saturated carbocycles. The molecule has 5 N–H and O–H groups in total. The van der Waals surface area contributed by atoms with Crippen LogP contribution in [-0.2, 0) is 10.2 Å². The van der Waals surface area contributed by atoms with Crippen molar-refractivity contribution in [3.8, 4) is 0 Å². The van der Waals surface area contributed by atoms with Gasteiger partial charge in [-0.15, -0.1) is 0 Å². The molecule has 6 nitrogen and oxygen atoms in total. The molecule has 1 rings (SSSR count). The van der Waals surface area contributed by atoms with Crippen LogP contribution < -0.4 is 15.2 Å². The summed E-state index contributed by atoms with van der Waals surface area (Å²) in [6.45, 7) is 5.64. The summed E-state index contributed by atoms with van der Waals surface area (Å²) >= 11 is 0. The van der Waals surface area contributed by atoms with E-state index in [1.807, 2.05) is 0 Å². The highest BCUT2D eigenvalue weighted by atomic mass is 32.2. The fourth-order valence-electron chi connectivity index (χ4n) is 2.28. The van der Waals surface area contributed by atoms with Crippen molar-refractivity contribution in [1.29, 1.82) is 5.41 Å². The highest BCUT2D eigenvalue weighted by molar-refractivity contribution is 7.87. The fourth-order valence-corrected chi connectivity index (χ4v) is 3.79. The van der Waals surface area contributed by atoms with Gasteiger partial charge in [-0.1, -0.05) is 6.92 Å². The lowest BCUT2D eigenvalue weighted by Gasteiger charge is -2.38. The highest BCUT2D eigenvalue weighted by Gasteiger charge is 2.40. The monoisotopic (exact) mass is 276 g/mol. The van der Waals surface area contributed by atoms with Crippen LogP contribution in [0.3, 0.4) is 0 Å². The zero-order valence-corrected chi connectivity index (χ0v) is 12.1. The molecule has 106 valence electrons. The first-order valence-corrected chi connectivity index (χ1v) is 7.81. The third kappa shape index (κ3) is 3.93. The maximum atomic E-state index is 11.9. The van der Waals surface area contributed by atoms with Gasteiger partial charge in [0.05, 0.1) is 5.54 Å². The van der Waals surface area contributed by atoms with Gasteiger partial charge in [0.2, 0.25) is 0 Å². The van der Waals surface area contributed by atoms with E-state index >= 15 is 0 Å². The van der Waals surface area contributed by atoms with E-state index in [9.17, 15) is 8.42 Å². The predicted octanol–water partition coefficient (Wildman–Crippen LogP) is 0.704. The molecule has 0 atom stereocenters. The molecule has 0 saturated heterocycles. The second kappa shape index (κ2) is 5.54. The van der Waals surface area contributed by atoms with Crippen LogP contribution in [0.25, 0.3) is 0 Å². The van der Waals surface area contributed by atoms with Crippen molar-refractivity contribution in [3.05, 3.63) is 0 Å². The number of hydrogen-bond donors (Lipinski definition) is 4. The summed E-state index contributed by atoms with van der Waals surface area (Å²) in [4.78, 5) is 0. The van der Waals surface area contributed by atoms with Gasteiger partial charge in [-0.25, -0.2) is 0 Å². The SMILES string of the molecule is CC1CCC(NS(=O)(=O)NC(C)C)(C(=N)N)CC1. The highest BCUT2D eigenvalue weighted by Crippen LogP contribution is 2.32. The summed E-state index contributed by atoms with van der Waals surface area (Å²) < 4.78 is 28.9. The van der Waals surface area contributed by atoms with Crippen molar-refractivity contribution < 1.29 is 8.42 Å². The molecule has 0 amide bonds. The number of nitrogens with one attached hydrogen (secondary N) is 3. The molecule has 1 aliphatic rings. The lowest BCUT2D eigenvalue weighted by molar-refractivity contribution is 0.284. The van der Waals surface area contributed by atoms with Crippen LogP contribution in [0, 0.1) is 11.3 Å². The van der Waals surface area contributed by atoms with Crippen LogP contribution in [0.4, 0.5) is 0 Å². The Bertz CT molecular complexity index is 397. The number of amidine groups is 1. The molecule has 0 aromatic carbocycles. The Morgan fingerprint density at radius 2 is 1.89 bits per heavy atom. The minimum atomic E-state index is -3.62. The van der Waals surface area contributed by atoms with Gasteiger partial charge in [-0.3, -0.25) is 5.41 Å². The van der Waals surface area contributed by atoms with Gasteiger partial charge in [-0.05, 0) is 45.4 Å². The molecule has 1 fully saturated rings. The molecular weight excluding hydrogens is 252 g/mol. The first-order chi connectivity index (χ1) is 8.17. The Morgan fingerprint density at radius 3 is 2.28 bits per heavy atom. The quantitative estimate of drug-likeness (QED) is 0.438. The van der Waals surface area contributed by atoms with Crippen molar-refractivity contribution in [2.75, 3.05) is 0 Å². The van der Waals surface area contributed by atoms with Gasteiger partial charge in [0.1, 0.15) is 5.84 Å². The first kappa shape index (κ1) is 15.4. The molecule has 0 unspecified atom stereocenters. The van der Waals surface area contributed by atoms with Crippen molar-refractivity contribution in [1.82, 2.24) is 9.44 Å². The van der Waals surface area contributed by atoms with Gasteiger partial charge >= 0.3 is 0 Å². The van der Waals surface area contributed by atoms with E-state index in [1.165, 1.54) is 0 Å². The Hall–Kier alpha value is -0.660. The number of hydrogen-bond acceptors (Lipinski definition) is 3. The average molecular weight is 276 g/mol. The van der Waals surface area contributed by atoms with Gasteiger partial charge in [0.25, 0.3) is 10.2 Å². The Labute approximate surface area is 109 Å². The third-order valence-corrected chi connectivity index (χ3v) is 4.81. The summed E-state index contributed by atoms with van der Waals surface area (Å²) in [5.41, 5.74) is 4.70. The van der Waals surface area contributed by atoms with Crippen LogP contribution in [0.2, 0.25) is 0 Å². The van der Waals surface area contributed by atoms with E-state index in [4.69, 9.17) is 11.1 Å². The van der Waals surface area contributed by atoms with Crippen molar-refractivity contribution in [3.63, 3.8) is 0 Å². The molecule has 0 bridgehead atoms. The predicted molar refractivity (Wildman–Crippen MR) is 72.6 cm³/mol. The van der Waals surface area contributed by atoms with Gasteiger partial charge in [0.15, 0.2) is 0 Å². The van der Waals surface area contributed by atoms with Crippen LogP contribution in [0.1, 0.15) is 46.5 Å². The molecule has 0 heterocycles. The zero-order chi connectivity index (χ0) is 14.0. The summed E-state index contributed by atoms with van der Waals surface area (Å²) in [5, 5.41) is 7.69. The molecule has 0 aliphatic heterocycles. The second-order valence-corrected chi connectivity index (χ2v) is 7.00. The average Bonchev–Trinajstić information content (AvgIpc) is 2.19. The van der Waals surface area contributed by atoms with Gasteiger partial charge in [-0.2, -0.15) is 17.9 Å². The molecular formula is C11H24N4O2S. The van der Waals surface area contributed by atoms with E-state index in [0.717, 1.165) is 12.8 Å². The maximum Gasteiger partial charge on any atom is 0.278 e. The van der Waals surface area contributed by atoms with Crippen molar-refractivity contribution >= 4 is 16.0 Å². The molecule has 0 spiro atoms. The van der Waals surface area contributed by atoms with E-state index in [-0.39, 0.29) is 11.9 Å². The summed E-state index contributed by atoms with van der Waals surface area (Å²) in [7, 11) is -3.62. The molecule has 0 aromatic heterocycles. The van der Waals surface area contributed by atoms with E-state index in [0.29, 0.717) is 18.8 Å². The minimum Gasteiger partial charge on any atom is -0.386 e. The van der Waals surface area contributed by atoms with Crippen LogP contribution >= 0.6 is 0 Å². The molecule has 0 radical (unpaired) electrons. The van der Waals surface area contributed by atoms with E-state index < -0.39 is 15.7 Å². The number of nitrogens with two attached hydrogens (primary N) is 1. The third-order valence-electron chi connectivity index (χ3n) is 3.36. The fraction of sp³-hybridized carbons (Fsp3) is 0.909. The lowest BCUT2D eigenvalue weighted by Crippen LogP contribution is -2.61. The van der Waals surface area contributed by atoms with Crippen LogP contribution in [0.15, 0.2) is 0 Å². The maximum absolute atomic E-state index is 11.9. The Balaban J connectivity index is 2.85. The van der Waals surface area contributed by atoms with Crippen molar-refractivity contribution in [2.24, 2.45) is 11.7 Å². The summed E-state index contributed by atoms with van der Waals surface area (Å²) in [5.74, 6) is 0.462. The number of rotatable bonds is 5. The standard InChI is InChI=1S/C11H24N4O2S/c1-8(2)14-18(16,17)15-11(10(12)13)6-4-9(3)5-7-11/h8-9,14-15H,4-7H2,1-3H3,(H3,12,13). The largest absolute Gasteiger partial charge is 0.386 e. The minimum absolute atomic E-state index is 0.0940. The zero-order valence-electron chi connectivity index (χ0n) is 11.3. The second-order valence-electron chi connectivity index (χ2n) is 5.56. The van der Waals surface area contributed by atoms with E-state index in [2.05, 4.69) is 16.4 Å². The Morgan fingerprint density at radius 1 is 1.39 bits per heavy atom. The molecule has 0 aromatic rings.